The van der Waals surface area contributed by atoms with Crippen molar-refractivity contribution in [1.82, 2.24) is 5.32 Å². The summed E-state index contributed by atoms with van der Waals surface area (Å²) in [5.41, 5.74) is 1.32. The lowest BCUT2D eigenvalue weighted by molar-refractivity contribution is -0.119. The van der Waals surface area contributed by atoms with E-state index >= 15 is 0 Å². The number of benzene rings is 2. The minimum absolute atomic E-state index is 0.121. The SMILES string of the molecule is Cc1ccc(S(=O)(=O)N(CC(=O)NCCCOC(C)C)c2ccc(Cl)cc2)cc1. The lowest BCUT2D eigenvalue weighted by atomic mass is 10.2. The maximum atomic E-state index is 13.2. The van der Waals surface area contributed by atoms with Crippen molar-refractivity contribution in [2.24, 2.45) is 0 Å². The van der Waals surface area contributed by atoms with Gasteiger partial charge in [0.1, 0.15) is 6.54 Å². The van der Waals surface area contributed by atoms with Crippen molar-refractivity contribution in [3.05, 3.63) is 59.1 Å². The molecule has 0 saturated carbocycles. The third kappa shape index (κ3) is 7.03. The zero-order chi connectivity index (χ0) is 21.4. The largest absolute Gasteiger partial charge is 0.379 e. The second-order valence-corrected chi connectivity index (χ2v) is 9.22. The van der Waals surface area contributed by atoms with Gasteiger partial charge in [0.05, 0.1) is 16.7 Å². The highest BCUT2D eigenvalue weighted by Gasteiger charge is 2.27. The van der Waals surface area contributed by atoms with Crippen molar-refractivity contribution in [2.75, 3.05) is 24.0 Å². The molecule has 0 saturated heterocycles. The van der Waals surface area contributed by atoms with Crippen LogP contribution >= 0.6 is 11.6 Å². The number of carbonyl (C=O) groups excluding carboxylic acids is 1. The molecule has 0 fully saturated rings. The number of amides is 1. The number of aryl methyl sites for hydroxylation is 1. The van der Waals surface area contributed by atoms with Gasteiger partial charge in [-0.1, -0.05) is 29.3 Å². The molecule has 1 amide bonds. The molecule has 2 aromatic rings. The number of hydrogen-bond donors (Lipinski definition) is 1. The van der Waals surface area contributed by atoms with Gasteiger partial charge in [0.2, 0.25) is 5.91 Å². The summed E-state index contributed by atoms with van der Waals surface area (Å²) in [5, 5.41) is 3.23. The number of nitrogens with zero attached hydrogens (tertiary/aromatic N) is 1. The lowest BCUT2D eigenvalue weighted by Gasteiger charge is -2.24. The van der Waals surface area contributed by atoms with Gasteiger partial charge in [-0.15, -0.1) is 0 Å². The number of anilines is 1. The maximum absolute atomic E-state index is 13.2. The molecule has 0 aliphatic carbocycles. The lowest BCUT2D eigenvalue weighted by Crippen LogP contribution is -2.41. The summed E-state index contributed by atoms with van der Waals surface area (Å²) in [6, 6.07) is 12.9. The molecule has 0 atom stereocenters. The predicted molar refractivity (Wildman–Crippen MR) is 116 cm³/mol. The fourth-order valence-corrected chi connectivity index (χ4v) is 4.11. The van der Waals surface area contributed by atoms with Crippen molar-refractivity contribution >= 4 is 33.2 Å². The van der Waals surface area contributed by atoms with Gasteiger partial charge in [-0.05, 0) is 63.6 Å². The van der Waals surface area contributed by atoms with Crippen molar-refractivity contribution in [3.8, 4) is 0 Å². The predicted octanol–water partition coefficient (Wildman–Crippen LogP) is 3.78. The summed E-state index contributed by atoms with van der Waals surface area (Å²) >= 11 is 5.93. The standard InChI is InChI=1S/C21H27ClN2O4S/c1-16(2)28-14-4-13-23-21(25)15-24(19-9-7-18(22)8-10-19)29(26,27)20-11-5-17(3)6-12-20/h5-12,16H,4,13-15H2,1-3H3,(H,23,25). The van der Waals surface area contributed by atoms with Gasteiger partial charge >= 0.3 is 0 Å². The van der Waals surface area contributed by atoms with Gasteiger partial charge in [-0.2, -0.15) is 0 Å². The maximum Gasteiger partial charge on any atom is 0.264 e. The summed E-state index contributed by atoms with van der Waals surface area (Å²) < 4.78 is 32.9. The number of carbonyl (C=O) groups is 1. The number of halogens is 1. The van der Waals surface area contributed by atoms with E-state index < -0.39 is 10.0 Å². The minimum atomic E-state index is -3.92. The van der Waals surface area contributed by atoms with E-state index in [9.17, 15) is 13.2 Å². The molecule has 0 heterocycles. The Hall–Kier alpha value is -2.09. The number of nitrogens with one attached hydrogen (secondary N) is 1. The Morgan fingerprint density at radius 2 is 1.72 bits per heavy atom. The van der Waals surface area contributed by atoms with Crippen LogP contribution in [0, 0.1) is 6.92 Å². The summed E-state index contributed by atoms with van der Waals surface area (Å²) in [4.78, 5) is 12.6. The topological polar surface area (TPSA) is 75.7 Å². The summed E-state index contributed by atoms with van der Waals surface area (Å²) in [5.74, 6) is -0.389. The molecule has 2 rings (SSSR count). The molecule has 29 heavy (non-hydrogen) atoms. The number of rotatable bonds is 10. The Kier molecular flexibility index (Phi) is 8.49. The van der Waals surface area contributed by atoms with Crippen LogP contribution in [0.15, 0.2) is 53.4 Å². The Bertz CT molecular complexity index is 897. The van der Waals surface area contributed by atoms with E-state index in [1.807, 2.05) is 20.8 Å². The first-order chi connectivity index (χ1) is 13.7. The fourth-order valence-electron chi connectivity index (χ4n) is 2.57. The first kappa shape index (κ1) is 23.2. The molecular weight excluding hydrogens is 412 g/mol. The van der Waals surface area contributed by atoms with Crippen LogP contribution in [-0.4, -0.2) is 40.1 Å². The molecule has 8 heteroatoms. The second-order valence-electron chi connectivity index (χ2n) is 6.92. The van der Waals surface area contributed by atoms with Crippen LogP contribution in [0.5, 0.6) is 0 Å². The quantitative estimate of drug-likeness (QED) is 0.573. The van der Waals surface area contributed by atoms with Crippen LogP contribution in [0.3, 0.4) is 0 Å². The molecule has 158 valence electrons. The summed E-state index contributed by atoms with van der Waals surface area (Å²) in [6.45, 7) is 6.37. The summed E-state index contributed by atoms with van der Waals surface area (Å²) in [6.07, 6.45) is 0.779. The van der Waals surface area contributed by atoms with Crippen LogP contribution < -0.4 is 9.62 Å². The van der Waals surface area contributed by atoms with E-state index in [0.29, 0.717) is 30.3 Å². The van der Waals surface area contributed by atoms with Gasteiger partial charge in [-0.3, -0.25) is 9.10 Å². The molecule has 0 aromatic heterocycles. The van der Waals surface area contributed by atoms with Crippen molar-refractivity contribution in [3.63, 3.8) is 0 Å². The molecule has 1 N–H and O–H groups in total. The van der Waals surface area contributed by atoms with Crippen LogP contribution in [0.25, 0.3) is 0 Å². The first-order valence-electron chi connectivity index (χ1n) is 9.43. The molecule has 0 unspecified atom stereocenters. The minimum Gasteiger partial charge on any atom is -0.379 e. The zero-order valence-electron chi connectivity index (χ0n) is 16.9. The van der Waals surface area contributed by atoms with Gasteiger partial charge in [0.25, 0.3) is 10.0 Å². The van der Waals surface area contributed by atoms with Gasteiger partial charge in [0.15, 0.2) is 0 Å². The molecule has 0 aliphatic heterocycles. The highest BCUT2D eigenvalue weighted by atomic mass is 35.5. The molecule has 6 nitrogen and oxygen atoms in total. The molecular formula is C21H27ClN2O4S. The van der Waals surface area contributed by atoms with Crippen molar-refractivity contribution in [2.45, 2.75) is 38.2 Å². The Morgan fingerprint density at radius 1 is 1.10 bits per heavy atom. The van der Waals surface area contributed by atoms with Crippen molar-refractivity contribution < 1.29 is 17.9 Å². The molecule has 0 bridgehead atoms. The fraction of sp³-hybridized carbons (Fsp3) is 0.381. The van der Waals surface area contributed by atoms with E-state index in [0.717, 1.165) is 9.87 Å². The third-order valence-electron chi connectivity index (χ3n) is 4.11. The van der Waals surface area contributed by atoms with Crippen LogP contribution in [0.1, 0.15) is 25.8 Å². The van der Waals surface area contributed by atoms with E-state index in [2.05, 4.69) is 5.32 Å². The van der Waals surface area contributed by atoms with Crippen molar-refractivity contribution in [1.29, 1.82) is 0 Å². The average Bonchev–Trinajstić information content (AvgIpc) is 2.66. The van der Waals surface area contributed by atoms with E-state index in [4.69, 9.17) is 16.3 Å². The van der Waals surface area contributed by atoms with Gasteiger partial charge in [-0.25, -0.2) is 8.42 Å². The first-order valence-corrected chi connectivity index (χ1v) is 11.2. The van der Waals surface area contributed by atoms with Crippen LogP contribution in [0.4, 0.5) is 5.69 Å². The van der Waals surface area contributed by atoms with Gasteiger partial charge in [0, 0.05) is 18.2 Å². The molecule has 2 aromatic carbocycles. The molecule has 0 spiro atoms. The third-order valence-corrected chi connectivity index (χ3v) is 6.15. The van der Waals surface area contributed by atoms with Gasteiger partial charge < -0.3 is 10.1 Å². The highest BCUT2D eigenvalue weighted by molar-refractivity contribution is 7.92. The molecule has 0 aliphatic rings. The normalized spacial score (nSPS) is 11.5. The zero-order valence-corrected chi connectivity index (χ0v) is 18.5. The van der Waals surface area contributed by atoms with E-state index in [1.54, 1.807) is 36.4 Å². The van der Waals surface area contributed by atoms with Crippen LogP contribution in [0.2, 0.25) is 5.02 Å². The molecule has 0 radical (unpaired) electrons. The average molecular weight is 439 g/mol. The summed E-state index contributed by atoms with van der Waals surface area (Å²) in [7, 11) is -3.92. The Labute approximate surface area is 177 Å². The Balaban J connectivity index is 2.16. The highest BCUT2D eigenvalue weighted by Crippen LogP contribution is 2.25. The number of sulfonamides is 1. The number of hydrogen-bond acceptors (Lipinski definition) is 4. The second kappa shape index (κ2) is 10.6. The number of ether oxygens (including phenoxy) is 1. The Morgan fingerprint density at radius 3 is 2.31 bits per heavy atom. The monoisotopic (exact) mass is 438 g/mol. The smallest absolute Gasteiger partial charge is 0.264 e. The van der Waals surface area contributed by atoms with E-state index in [1.165, 1.54) is 12.1 Å². The van der Waals surface area contributed by atoms with E-state index in [-0.39, 0.29) is 23.5 Å². The van der Waals surface area contributed by atoms with Crippen LogP contribution in [-0.2, 0) is 19.6 Å².